The van der Waals surface area contributed by atoms with Crippen LogP contribution in [-0.4, -0.2) is 35.3 Å². The number of hydrogen-bond acceptors (Lipinski definition) is 4. The topological polar surface area (TPSA) is 83.5 Å². The number of Topliss-reactive ketones (excluding diaryl/α,β-unsaturated/α-hetero) is 1. The van der Waals surface area contributed by atoms with Gasteiger partial charge in [-0.15, -0.1) is 0 Å². The maximum atomic E-state index is 11.1. The highest BCUT2D eigenvalue weighted by Gasteiger charge is 2.18. The Morgan fingerprint density at radius 3 is 2.50 bits per heavy atom. The Morgan fingerprint density at radius 2 is 2.17 bits per heavy atom. The average molecular weight is 175 g/mol. The second kappa shape index (κ2) is 6.11. The van der Waals surface area contributed by atoms with Gasteiger partial charge in [0.05, 0.1) is 19.3 Å². The lowest BCUT2D eigenvalue weighted by atomic mass is 9.94. The van der Waals surface area contributed by atoms with Crippen molar-refractivity contribution in [2.75, 3.05) is 13.2 Å². The van der Waals surface area contributed by atoms with E-state index in [0.717, 1.165) is 0 Å². The van der Waals surface area contributed by atoms with Crippen LogP contribution in [0.25, 0.3) is 0 Å². The van der Waals surface area contributed by atoms with Crippen molar-refractivity contribution in [2.45, 2.75) is 25.9 Å². The first-order valence-electron chi connectivity index (χ1n) is 4.17. The van der Waals surface area contributed by atoms with Crippen molar-refractivity contribution in [3.05, 3.63) is 0 Å². The fourth-order valence-corrected chi connectivity index (χ4v) is 1.10. The molecule has 0 aliphatic heterocycles. The van der Waals surface area contributed by atoms with Gasteiger partial charge in [-0.05, 0) is 12.8 Å². The lowest BCUT2D eigenvalue weighted by Crippen LogP contribution is -2.27. The molecule has 0 spiro atoms. The van der Waals surface area contributed by atoms with Gasteiger partial charge in [0.25, 0.3) is 0 Å². The summed E-state index contributed by atoms with van der Waals surface area (Å²) in [5, 5.41) is 17.6. The Bertz CT molecular complexity index is 138. The normalized spacial score (nSPS) is 15.7. The summed E-state index contributed by atoms with van der Waals surface area (Å²) in [6, 6.07) is 0. The van der Waals surface area contributed by atoms with Gasteiger partial charge in [0.1, 0.15) is 5.78 Å². The fourth-order valence-electron chi connectivity index (χ4n) is 1.10. The van der Waals surface area contributed by atoms with Gasteiger partial charge in [0.2, 0.25) is 0 Å². The highest BCUT2D eigenvalue weighted by molar-refractivity contribution is 5.82. The Morgan fingerprint density at radius 1 is 1.58 bits per heavy atom. The highest BCUT2D eigenvalue weighted by atomic mass is 16.3. The molecule has 2 unspecified atom stereocenters. The van der Waals surface area contributed by atoms with Crippen LogP contribution in [-0.2, 0) is 4.79 Å². The molecule has 0 aromatic carbocycles. The second-order valence-electron chi connectivity index (χ2n) is 2.85. The predicted octanol–water partition coefficient (Wildman–Crippen LogP) is -0.716. The van der Waals surface area contributed by atoms with Crippen molar-refractivity contribution in [3.63, 3.8) is 0 Å². The number of aliphatic hydroxyl groups is 2. The summed E-state index contributed by atoms with van der Waals surface area (Å²) >= 11 is 0. The van der Waals surface area contributed by atoms with E-state index in [-0.39, 0.29) is 24.9 Å². The van der Waals surface area contributed by atoms with Crippen LogP contribution in [0, 0.1) is 5.92 Å². The molecular formula is C8H17NO3. The summed E-state index contributed by atoms with van der Waals surface area (Å²) < 4.78 is 0. The van der Waals surface area contributed by atoms with Crippen LogP contribution in [0.3, 0.4) is 0 Å². The van der Waals surface area contributed by atoms with Crippen LogP contribution in [0.15, 0.2) is 0 Å². The number of aliphatic hydroxyl groups excluding tert-OH is 2. The van der Waals surface area contributed by atoms with Crippen molar-refractivity contribution in [3.8, 4) is 0 Å². The Kier molecular flexibility index (Phi) is 5.88. The minimum atomic E-state index is -0.801. The van der Waals surface area contributed by atoms with Crippen LogP contribution in [0.2, 0.25) is 0 Å². The molecule has 4 heteroatoms. The van der Waals surface area contributed by atoms with Gasteiger partial charge in [-0.2, -0.15) is 0 Å². The van der Waals surface area contributed by atoms with Crippen molar-refractivity contribution >= 4 is 5.78 Å². The van der Waals surface area contributed by atoms with Gasteiger partial charge >= 0.3 is 0 Å². The molecule has 0 rings (SSSR count). The molecule has 0 bridgehead atoms. The molecule has 0 saturated carbocycles. The molecule has 0 heterocycles. The number of hydrogen-bond donors (Lipinski definition) is 3. The van der Waals surface area contributed by atoms with E-state index in [1.807, 2.05) is 6.92 Å². The maximum Gasteiger partial charge on any atom is 0.149 e. The van der Waals surface area contributed by atoms with Crippen LogP contribution in [0.4, 0.5) is 0 Å². The molecule has 0 fully saturated rings. The molecule has 12 heavy (non-hydrogen) atoms. The molecule has 0 aromatic heterocycles. The van der Waals surface area contributed by atoms with Gasteiger partial charge in [-0.1, -0.05) is 6.92 Å². The molecule has 0 saturated heterocycles. The quantitative estimate of drug-likeness (QED) is 0.497. The third-order valence-electron chi connectivity index (χ3n) is 1.92. The monoisotopic (exact) mass is 175 g/mol. The lowest BCUT2D eigenvalue weighted by Gasteiger charge is -2.15. The Labute approximate surface area is 72.4 Å². The van der Waals surface area contributed by atoms with E-state index < -0.39 is 6.10 Å². The van der Waals surface area contributed by atoms with E-state index in [1.54, 1.807) is 0 Å². The van der Waals surface area contributed by atoms with E-state index in [2.05, 4.69) is 0 Å². The molecule has 0 amide bonds. The fraction of sp³-hybridized carbons (Fsp3) is 0.875. The zero-order valence-corrected chi connectivity index (χ0v) is 7.36. The summed E-state index contributed by atoms with van der Waals surface area (Å²) in [6.07, 6.45) is 0.168. The van der Waals surface area contributed by atoms with Crippen LogP contribution < -0.4 is 5.73 Å². The average Bonchev–Trinajstić information content (AvgIpc) is 2.12. The first-order valence-corrected chi connectivity index (χ1v) is 4.17. The number of carbonyl (C=O) groups is 1. The van der Waals surface area contributed by atoms with Crippen molar-refractivity contribution in [2.24, 2.45) is 11.7 Å². The lowest BCUT2D eigenvalue weighted by molar-refractivity contribution is -0.122. The van der Waals surface area contributed by atoms with E-state index in [0.29, 0.717) is 12.8 Å². The highest BCUT2D eigenvalue weighted by Crippen LogP contribution is 2.11. The minimum Gasteiger partial charge on any atom is -0.394 e. The molecule has 2 atom stereocenters. The molecule has 0 aromatic rings. The number of rotatable bonds is 6. The zero-order valence-electron chi connectivity index (χ0n) is 7.36. The largest absolute Gasteiger partial charge is 0.394 e. The first-order chi connectivity index (χ1) is 5.65. The predicted molar refractivity (Wildman–Crippen MR) is 45.6 cm³/mol. The van der Waals surface area contributed by atoms with Gasteiger partial charge in [0, 0.05) is 5.92 Å². The summed E-state index contributed by atoms with van der Waals surface area (Å²) in [6.45, 7) is 1.58. The number of ketones is 1. The molecule has 0 aliphatic rings. The second-order valence-corrected chi connectivity index (χ2v) is 2.85. The summed E-state index contributed by atoms with van der Waals surface area (Å²) in [5.41, 5.74) is 5.17. The van der Waals surface area contributed by atoms with E-state index in [9.17, 15) is 4.79 Å². The Hall–Kier alpha value is -0.450. The van der Waals surface area contributed by atoms with E-state index >= 15 is 0 Å². The molecule has 72 valence electrons. The van der Waals surface area contributed by atoms with Gasteiger partial charge in [-0.3, -0.25) is 4.79 Å². The van der Waals surface area contributed by atoms with Crippen molar-refractivity contribution in [1.82, 2.24) is 0 Å². The van der Waals surface area contributed by atoms with Crippen LogP contribution in [0.5, 0.6) is 0 Å². The number of carbonyl (C=O) groups excluding carboxylic acids is 1. The third kappa shape index (κ3) is 3.80. The van der Waals surface area contributed by atoms with Crippen molar-refractivity contribution < 1.29 is 15.0 Å². The maximum absolute atomic E-state index is 11.1. The smallest absolute Gasteiger partial charge is 0.149 e. The third-order valence-corrected chi connectivity index (χ3v) is 1.92. The van der Waals surface area contributed by atoms with Crippen molar-refractivity contribution in [1.29, 1.82) is 0 Å². The molecular weight excluding hydrogens is 158 g/mol. The molecule has 4 N–H and O–H groups in total. The number of nitrogens with two attached hydrogens (primary N) is 1. The van der Waals surface area contributed by atoms with E-state index in [4.69, 9.17) is 15.9 Å². The molecule has 0 aliphatic carbocycles. The summed E-state index contributed by atoms with van der Waals surface area (Å²) in [4.78, 5) is 11.1. The standard InChI is InChI=1S/C8H17NO3/c1-2-6(8(12)4-9)3-7(11)5-10/h6-7,10-11H,2-5,9H2,1H3. The SMILES string of the molecule is CCC(CC(O)CO)C(=O)CN. The summed E-state index contributed by atoms with van der Waals surface area (Å²) in [5.74, 6) is -0.262. The van der Waals surface area contributed by atoms with Gasteiger partial charge in [0.15, 0.2) is 0 Å². The first kappa shape index (κ1) is 11.6. The van der Waals surface area contributed by atoms with Crippen LogP contribution >= 0.6 is 0 Å². The molecule has 0 radical (unpaired) electrons. The minimum absolute atomic E-state index is 0.0106. The zero-order chi connectivity index (χ0) is 9.56. The Balaban J connectivity index is 3.90. The van der Waals surface area contributed by atoms with Crippen LogP contribution in [0.1, 0.15) is 19.8 Å². The molecule has 4 nitrogen and oxygen atoms in total. The summed E-state index contributed by atoms with van der Waals surface area (Å²) in [7, 11) is 0. The van der Waals surface area contributed by atoms with Gasteiger partial charge in [-0.25, -0.2) is 0 Å². The van der Waals surface area contributed by atoms with E-state index in [1.165, 1.54) is 0 Å². The van der Waals surface area contributed by atoms with Gasteiger partial charge < -0.3 is 15.9 Å².